The van der Waals surface area contributed by atoms with Crippen molar-refractivity contribution in [3.63, 3.8) is 0 Å². The summed E-state index contributed by atoms with van der Waals surface area (Å²) >= 11 is 1.68. The van der Waals surface area contributed by atoms with Gasteiger partial charge in [-0.1, -0.05) is 37.6 Å². The lowest BCUT2D eigenvalue weighted by atomic mass is 9.80. The van der Waals surface area contributed by atoms with Crippen LogP contribution in [0, 0.1) is 17.8 Å². The van der Waals surface area contributed by atoms with Crippen LogP contribution in [0.1, 0.15) is 51.3 Å². The Morgan fingerprint density at radius 2 is 2.13 bits per heavy atom. The lowest BCUT2D eigenvalue weighted by molar-refractivity contribution is -0.137. The van der Waals surface area contributed by atoms with Gasteiger partial charge in [0, 0.05) is 43.5 Å². The van der Waals surface area contributed by atoms with E-state index in [0.29, 0.717) is 36.8 Å². The Kier molecular flexibility index (Phi) is 9.94. The summed E-state index contributed by atoms with van der Waals surface area (Å²) in [6.07, 6.45) is 8.62. The van der Waals surface area contributed by atoms with Crippen molar-refractivity contribution in [1.82, 2.24) is 19.9 Å². The standard InChI is InChI=1S/C29H44N8OS/c1-6-12-37(34-33-21(5)7-2)19-22-10-9-11-23(15-22)28(38)36-14-13-35(17-20(4)18-36)26-25-16-24(8-3)39-27(25)32-29(30)31-26/h6-7,16,20-23H,1-2,8-15,17-19H2,3-5H3,(H2,30,31,32)/t20-,21?,22+,23-/m1/s1. The number of nitrogens with zero attached hydrogens (tertiary/aromatic N) is 7. The Morgan fingerprint density at radius 1 is 1.31 bits per heavy atom. The van der Waals surface area contributed by atoms with Crippen LogP contribution in [0.2, 0.25) is 0 Å². The maximum atomic E-state index is 13.8. The quantitative estimate of drug-likeness (QED) is 0.242. The van der Waals surface area contributed by atoms with Crippen molar-refractivity contribution in [3.05, 3.63) is 36.3 Å². The van der Waals surface area contributed by atoms with E-state index in [0.717, 1.165) is 74.3 Å². The third-order valence-corrected chi connectivity index (χ3v) is 8.92. The Morgan fingerprint density at radius 3 is 2.87 bits per heavy atom. The number of nitrogen functional groups attached to an aromatic ring is 1. The molecule has 4 atom stereocenters. The SMILES string of the molecule is C=CCN(C[C@H]1CCC[C@@H](C(=O)N2CCN(c3nc(N)nc4sc(CC)cc34)C[C@@H](C)C2)C1)N=NC(C)C=C. The van der Waals surface area contributed by atoms with Gasteiger partial charge < -0.3 is 15.5 Å². The minimum atomic E-state index is -0.0223. The van der Waals surface area contributed by atoms with Crippen molar-refractivity contribution in [2.75, 3.05) is 49.9 Å². The van der Waals surface area contributed by atoms with Crippen LogP contribution in [-0.4, -0.2) is 71.1 Å². The summed E-state index contributed by atoms with van der Waals surface area (Å²) in [5.74, 6) is 2.29. The monoisotopic (exact) mass is 552 g/mol. The predicted octanol–water partition coefficient (Wildman–Crippen LogP) is 5.36. The molecule has 2 aliphatic rings. The molecule has 0 radical (unpaired) electrons. The van der Waals surface area contributed by atoms with E-state index in [-0.39, 0.29) is 12.0 Å². The molecule has 9 nitrogen and oxygen atoms in total. The number of nitrogens with two attached hydrogens (primary N) is 1. The van der Waals surface area contributed by atoms with E-state index < -0.39 is 0 Å². The highest BCUT2D eigenvalue weighted by Gasteiger charge is 2.33. The second kappa shape index (κ2) is 13.4. The van der Waals surface area contributed by atoms with Crippen LogP contribution in [-0.2, 0) is 11.2 Å². The van der Waals surface area contributed by atoms with E-state index in [2.05, 4.69) is 63.2 Å². The molecule has 2 aromatic heterocycles. The van der Waals surface area contributed by atoms with Gasteiger partial charge in [-0.15, -0.1) is 24.5 Å². The minimum absolute atomic E-state index is 0.0223. The molecular formula is C29H44N8OS. The van der Waals surface area contributed by atoms with E-state index in [1.807, 2.05) is 18.0 Å². The van der Waals surface area contributed by atoms with Gasteiger partial charge in [0.15, 0.2) is 0 Å². The number of aryl methyl sites for hydroxylation is 1. The van der Waals surface area contributed by atoms with Gasteiger partial charge in [0.25, 0.3) is 0 Å². The number of aromatic nitrogens is 2. The normalized spacial score (nSPS) is 23.1. The Bertz CT molecular complexity index is 1180. The summed E-state index contributed by atoms with van der Waals surface area (Å²) < 4.78 is 0. The molecule has 1 aliphatic heterocycles. The maximum absolute atomic E-state index is 13.8. The minimum Gasteiger partial charge on any atom is -0.368 e. The molecule has 10 heteroatoms. The number of amides is 1. The Hall–Kier alpha value is -3.01. The van der Waals surface area contributed by atoms with Crippen molar-refractivity contribution in [2.24, 2.45) is 28.1 Å². The zero-order chi connectivity index (χ0) is 27.9. The van der Waals surface area contributed by atoms with Gasteiger partial charge >= 0.3 is 0 Å². The second-order valence-corrected chi connectivity index (χ2v) is 12.2. The Labute approximate surface area is 236 Å². The Balaban J connectivity index is 1.42. The van der Waals surface area contributed by atoms with E-state index in [1.165, 1.54) is 4.88 Å². The average Bonchev–Trinajstić information content (AvgIpc) is 3.25. The molecular weight excluding hydrogens is 508 g/mol. The topological polar surface area (TPSA) is 103 Å². The summed E-state index contributed by atoms with van der Waals surface area (Å²) in [4.78, 5) is 29.5. The van der Waals surface area contributed by atoms with Crippen LogP contribution in [0.3, 0.4) is 0 Å². The lowest BCUT2D eigenvalue weighted by Crippen LogP contribution is -2.42. The molecule has 2 fully saturated rings. The van der Waals surface area contributed by atoms with Gasteiger partial charge in [0.2, 0.25) is 11.9 Å². The summed E-state index contributed by atoms with van der Waals surface area (Å²) in [6.45, 7) is 18.5. The number of anilines is 2. The van der Waals surface area contributed by atoms with Crippen LogP contribution in [0.4, 0.5) is 11.8 Å². The lowest BCUT2D eigenvalue weighted by Gasteiger charge is -2.34. The van der Waals surface area contributed by atoms with Crippen molar-refractivity contribution >= 4 is 39.2 Å². The molecule has 4 rings (SSSR count). The van der Waals surface area contributed by atoms with E-state index >= 15 is 0 Å². The molecule has 0 bridgehead atoms. The smallest absolute Gasteiger partial charge is 0.225 e. The fourth-order valence-electron chi connectivity index (χ4n) is 5.75. The van der Waals surface area contributed by atoms with Crippen LogP contribution in [0.25, 0.3) is 10.2 Å². The number of thiophene rings is 1. The number of carbonyl (C=O) groups is 1. The molecule has 2 N–H and O–H groups in total. The first kappa shape index (κ1) is 29.0. The van der Waals surface area contributed by atoms with E-state index in [9.17, 15) is 4.79 Å². The van der Waals surface area contributed by atoms with E-state index in [1.54, 1.807) is 17.4 Å². The van der Waals surface area contributed by atoms with E-state index in [4.69, 9.17) is 5.73 Å². The molecule has 1 aliphatic carbocycles. The zero-order valence-electron chi connectivity index (χ0n) is 23.8. The van der Waals surface area contributed by atoms with Crippen molar-refractivity contribution in [1.29, 1.82) is 0 Å². The summed E-state index contributed by atoms with van der Waals surface area (Å²) in [6, 6.07) is 2.17. The molecule has 1 saturated heterocycles. The van der Waals surface area contributed by atoms with Crippen LogP contribution >= 0.6 is 11.3 Å². The van der Waals surface area contributed by atoms with Crippen molar-refractivity contribution < 1.29 is 4.79 Å². The first-order chi connectivity index (χ1) is 18.8. The zero-order valence-corrected chi connectivity index (χ0v) is 24.6. The van der Waals surface area contributed by atoms with Crippen LogP contribution in [0.5, 0.6) is 0 Å². The van der Waals surface area contributed by atoms with Gasteiger partial charge in [0.1, 0.15) is 10.6 Å². The molecule has 0 aromatic carbocycles. The van der Waals surface area contributed by atoms with Crippen LogP contribution < -0.4 is 10.6 Å². The fourth-order valence-corrected chi connectivity index (χ4v) is 6.72. The highest BCUT2D eigenvalue weighted by molar-refractivity contribution is 7.18. The first-order valence-corrected chi connectivity index (χ1v) is 15.1. The molecule has 39 heavy (non-hydrogen) atoms. The van der Waals surface area contributed by atoms with Gasteiger partial charge in [-0.3, -0.25) is 9.80 Å². The third-order valence-electron chi connectivity index (χ3n) is 7.75. The third kappa shape index (κ3) is 7.35. The van der Waals surface area contributed by atoms with Gasteiger partial charge in [0.05, 0.1) is 18.0 Å². The number of fused-ring (bicyclic) bond motifs is 1. The van der Waals surface area contributed by atoms with Gasteiger partial charge in [-0.25, -0.2) is 4.98 Å². The maximum Gasteiger partial charge on any atom is 0.225 e. The fraction of sp³-hybridized carbons (Fsp3) is 0.621. The average molecular weight is 553 g/mol. The number of hydrogen-bond acceptors (Lipinski definition) is 8. The molecule has 3 heterocycles. The summed E-state index contributed by atoms with van der Waals surface area (Å²) in [7, 11) is 0. The predicted molar refractivity (Wildman–Crippen MR) is 161 cm³/mol. The number of hydrogen-bond donors (Lipinski definition) is 1. The second-order valence-electron chi connectivity index (χ2n) is 11.1. The molecule has 1 unspecified atom stereocenters. The molecule has 212 valence electrons. The highest BCUT2D eigenvalue weighted by Crippen LogP contribution is 2.34. The van der Waals surface area contributed by atoms with Crippen LogP contribution in [0.15, 0.2) is 41.7 Å². The highest BCUT2D eigenvalue weighted by atomic mass is 32.1. The largest absolute Gasteiger partial charge is 0.368 e. The summed E-state index contributed by atoms with van der Waals surface area (Å²) in [5, 5.41) is 11.8. The van der Waals surface area contributed by atoms with Crippen molar-refractivity contribution in [3.8, 4) is 0 Å². The number of rotatable bonds is 10. The van der Waals surface area contributed by atoms with Gasteiger partial charge in [-0.05, 0) is 50.5 Å². The van der Waals surface area contributed by atoms with Crippen molar-refractivity contribution in [2.45, 2.75) is 58.9 Å². The number of carbonyl (C=O) groups excluding carboxylic acids is 1. The summed E-state index contributed by atoms with van der Waals surface area (Å²) in [5.41, 5.74) is 6.10. The molecule has 0 spiro atoms. The van der Waals surface area contributed by atoms with Gasteiger partial charge in [-0.2, -0.15) is 10.1 Å². The first-order valence-electron chi connectivity index (χ1n) is 14.3. The molecule has 1 saturated carbocycles. The molecule has 1 amide bonds. The molecule has 2 aromatic rings.